The van der Waals surface area contributed by atoms with Crippen LogP contribution in [0, 0.1) is 29.6 Å². The summed E-state index contributed by atoms with van der Waals surface area (Å²) in [5, 5.41) is 8.21. The number of ether oxygens (including phenoxy) is 1. The zero-order valence-corrected chi connectivity index (χ0v) is 21.4. The molecule has 8 heteroatoms. The van der Waals surface area contributed by atoms with Crippen LogP contribution in [0.25, 0.3) is 5.65 Å². The molecule has 7 nitrogen and oxygen atoms in total. The Morgan fingerprint density at radius 2 is 1.94 bits per heavy atom. The molecule has 0 amide bonds. The van der Waals surface area contributed by atoms with Crippen molar-refractivity contribution in [3.63, 3.8) is 0 Å². The molecule has 4 aliphatic rings. The monoisotopic (exact) mass is 486 g/mol. The molecule has 0 aromatic carbocycles. The summed E-state index contributed by atoms with van der Waals surface area (Å²) < 4.78 is 36.5. The number of sulfonamides is 1. The van der Waals surface area contributed by atoms with Crippen molar-refractivity contribution in [1.29, 1.82) is 0 Å². The lowest BCUT2D eigenvalue weighted by Gasteiger charge is -2.46. The lowest BCUT2D eigenvalue weighted by molar-refractivity contribution is -0.0162. The standard InChI is InChI=1S/C26H38N4O3S/c1-4-5-18-12-21(18)22-14-30-24(27-28-26(30)29-34(31,32)20-6-7-20)13-23(22)33-25-16(3)10-17-8-15(2)9-19(25)11-17/h13-21,25H,4-12H2,1-3H3,(H,28,29). The Kier molecular flexibility index (Phi) is 5.58. The van der Waals surface area contributed by atoms with Crippen LogP contribution < -0.4 is 9.46 Å². The first-order valence-electron chi connectivity index (χ1n) is 13.4. The normalized spacial score (nSPS) is 35.3. The fraction of sp³-hybridized carbons (Fsp3) is 0.769. The fourth-order valence-corrected chi connectivity index (χ4v) is 8.35. The quantitative estimate of drug-likeness (QED) is 0.542. The average Bonchev–Trinajstić information content (AvgIpc) is 3.69. The van der Waals surface area contributed by atoms with Crippen molar-refractivity contribution in [2.75, 3.05) is 4.72 Å². The largest absolute Gasteiger partial charge is 0.489 e. The number of hydrogen-bond donors (Lipinski definition) is 1. The molecule has 2 bridgehead atoms. The van der Waals surface area contributed by atoms with Gasteiger partial charge in [0.2, 0.25) is 16.0 Å². The molecule has 0 aliphatic heterocycles. The van der Waals surface area contributed by atoms with E-state index >= 15 is 0 Å². The molecule has 0 saturated heterocycles. The lowest BCUT2D eigenvalue weighted by Crippen LogP contribution is -2.44. The van der Waals surface area contributed by atoms with Crippen LogP contribution in [0.4, 0.5) is 5.95 Å². The number of nitrogens with zero attached hydrogens (tertiary/aromatic N) is 3. The molecule has 0 spiro atoms. The van der Waals surface area contributed by atoms with Crippen molar-refractivity contribution in [1.82, 2.24) is 14.6 Å². The van der Waals surface area contributed by atoms with E-state index in [1.54, 1.807) is 0 Å². The third-order valence-electron chi connectivity index (χ3n) is 8.78. The summed E-state index contributed by atoms with van der Waals surface area (Å²) in [7, 11) is -3.40. The molecule has 6 rings (SSSR count). The highest BCUT2D eigenvalue weighted by molar-refractivity contribution is 7.93. The molecule has 4 saturated carbocycles. The number of fused-ring (bicyclic) bond motifs is 3. The van der Waals surface area contributed by atoms with Crippen molar-refractivity contribution in [2.24, 2.45) is 29.6 Å². The molecule has 2 aromatic heterocycles. The summed E-state index contributed by atoms with van der Waals surface area (Å²) in [5.41, 5.74) is 1.83. The summed E-state index contributed by atoms with van der Waals surface area (Å²) in [6, 6.07) is 2.00. The Bertz CT molecular complexity index is 1170. The van der Waals surface area contributed by atoms with Crippen LogP contribution >= 0.6 is 0 Å². The van der Waals surface area contributed by atoms with Crippen molar-refractivity contribution in [3.05, 3.63) is 17.8 Å². The van der Waals surface area contributed by atoms with Gasteiger partial charge in [-0.15, -0.1) is 10.2 Å². The van der Waals surface area contributed by atoms with Crippen LogP contribution in [0.15, 0.2) is 12.3 Å². The smallest absolute Gasteiger partial charge is 0.242 e. The van der Waals surface area contributed by atoms with E-state index in [1.807, 2.05) is 10.5 Å². The minimum Gasteiger partial charge on any atom is -0.489 e. The molecule has 7 unspecified atom stereocenters. The van der Waals surface area contributed by atoms with Gasteiger partial charge in [-0.3, -0.25) is 9.12 Å². The van der Waals surface area contributed by atoms with E-state index in [0.29, 0.717) is 29.3 Å². The topological polar surface area (TPSA) is 85.6 Å². The molecule has 186 valence electrons. The number of anilines is 1. The summed E-state index contributed by atoms with van der Waals surface area (Å²) in [4.78, 5) is 0. The predicted octanol–water partition coefficient (Wildman–Crippen LogP) is 5.38. The Balaban J connectivity index is 1.34. The molecular weight excluding hydrogens is 448 g/mol. The van der Waals surface area contributed by atoms with Crippen LogP contribution in [0.3, 0.4) is 0 Å². The third-order valence-corrected chi connectivity index (χ3v) is 10.6. The van der Waals surface area contributed by atoms with Crippen molar-refractivity contribution in [3.8, 4) is 5.75 Å². The number of nitrogens with one attached hydrogen (secondary N) is 1. The first-order valence-corrected chi connectivity index (χ1v) is 14.9. The maximum absolute atomic E-state index is 12.5. The second-order valence-corrected chi connectivity index (χ2v) is 13.8. The van der Waals surface area contributed by atoms with Crippen molar-refractivity contribution < 1.29 is 13.2 Å². The second-order valence-electron chi connectivity index (χ2n) is 11.8. The molecule has 0 radical (unpaired) electrons. The zero-order valence-electron chi connectivity index (χ0n) is 20.6. The third kappa shape index (κ3) is 4.20. The predicted molar refractivity (Wildman–Crippen MR) is 132 cm³/mol. The second kappa shape index (κ2) is 8.38. The molecule has 34 heavy (non-hydrogen) atoms. The molecule has 4 aliphatic carbocycles. The van der Waals surface area contributed by atoms with Gasteiger partial charge in [0.1, 0.15) is 11.9 Å². The first kappa shape index (κ1) is 22.6. The van der Waals surface area contributed by atoms with E-state index in [0.717, 1.165) is 30.4 Å². The van der Waals surface area contributed by atoms with Crippen LogP contribution in [0.1, 0.15) is 90.0 Å². The van der Waals surface area contributed by atoms with Gasteiger partial charge in [0.25, 0.3) is 0 Å². The van der Waals surface area contributed by atoms with Gasteiger partial charge in [0.15, 0.2) is 5.65 Å². The van der Waals surface area contributed by atoms with Gasteiger partial charge in [-0.1, -0.05) is 33.6 Å². The van der Waals surface area contributed by atoms with Crippen LogP contribution in [-0.2, 0) is 10.0 Å². The van der Waals surface area contributed by atoms with E-state index in [2.05, 4.69) is 41.9 Å². The number of rotatable bonds is 8. The number of hydrogen-bond acceptors (Lipinski definition) is 5. The highest BCUT2D eigenvalue weighted by atomic mass is 32.2. The van der Waals surface area contributed by atoms with E-state index in [-0.39, 0.29) is 17.3 Å². The van der Waals surface area contributed by atoms with Gasteiger partial charge in [0, 0.05) is 17.8 Å². The van der Waals surface area contributed by atoms with E-state index < -0.39 is 10.0 Å². The average molecular weight is 487 g/mol. The summed E-state index contributed by atoms with van der Waals surface area (Å²) in [5.74, 6) is 5.16. The molecular formula is C26H38N4O3S. The minimum atomic E-state index is -3.40. The number of pyridine rings is 1. The molecule has 2 heterocycles. The van der Waals surface area contributed by atoms with Gasteiger partial charge in [-0.25, -0.2) is 8.42 Å². The Morgan fingerprint density at radius 1 is 1.12 bits per heavy atom. The Labute approximate surface area is 203 Å². The van der Waals surface area contributed by atoms with Crippen LogP contribution in [0.5, 0.6) is 5.75 Å². The number of aromatic nitrogens is 3. The molecule has 4 fully saturated rings. The highest BCUT2D eigenvalue weighted by Gasteiger charge is 2.44. The minimum absolute atomic E-state index is 0.235. The summed E-state index contributed by atoms with van der Waals surface area (Å²) >= 11 is 0. The van der Waals surface area contributed by atoms with E-state index in [1.165, 1.54) is 50.5 Å². The van der Waals surface area contributed by atoms with Crippen molar-refractivity contribution >= 4 is 21.6 Å². The molecule has 7 atom stereocenters. The van der Waals surface area contributed by atoms with Gasteiger partial charge in [-0.2, -0.15) is 0 Å². The molecule has 2 aromatic rings. The van der Waals surface area contributed by atoms with Gasteiger partial charge in [0.05, 0.1) is 5.25 Å². The SMILES string of the molecule is CCCC1CC1c1cn2c(NS(=O)(=O)C3CC3)nnc2cc1OC1C(C)CC2CC(C)CC1C2. The van der Waals surface area contributed by atoms with Gasteiger partial charge < -0.3 is 4.74 Å². The van der Waals surface area contributed by atoms with E-state index in [4.69, 9.17) is 4.74 Å². The van der Waals surface area contributed by atoms with Crippen molar-refractivity contribution in [2.45, 2.75) is 95.8 Å². The van der Waals surface area contributed by atoms with Gasteiger partial charge >= 0.3 is 0 Å². The molecule has 1 N–H and O–H groups in total. The van der Waals surface area contributed by atoms with Crippen LogP contribution in [0.2, 0.25) is 0 Å². The Hall–Kier alpha value is -1.83. The fourth-order valence-electron chi connectivity index (χ4n) is 7.04. The van der Waals surface area contributed by atoms with E-state index in [9.17, 15) is 8.42 Å². The van der Waals surface area contributed by atoms with Crippen LogP contribution in [-0.4, -0.2) is 34.4 Å². The summed E-state index contributed by atoms with van der Waals surface area (Å²) in [6.07, 6.45) is 12.5. The first-order chi connectivity index (χ1) is 16.3. The highest BCUT2D eigenvalue weighted by Crippen LogP contribution is 2.54. The summed E-state index contributed by atoms with van der Waals surface area (Å²) in [6.45, 7) is 6.99. The maximum atomic E-state index is 12.5. The Morgan fingerprint density at radius 3 is 2.71 bits per heavy atom. The maximum Gasteiger partial charge on any atom is 0.242 e. The van der Waals surface area contributed by atoms with Gasteiger partial charge in [-0.05, 0) is 80.5 Å². The lowest BCUT2D eigenvalue weighted by atomic mass is 9.64. The zero-order chi connectivity index (χ0) is 23.6.